The first-order chi connectivity index (χ1) is 6.70. The topological polar surface area (TPSA) is 38.3 Å². The summed E-state index contributed by atoms with van der Waals surface area (Å²) in [5.74, 6) is 4.09. The van der Waals surface area contributed by atoms with Gasteiger partial charge in [0.15, 0.2) is 0 Å². The molecular weight excluding hydrogens is 198 g/mol. The molecule has 0 saturated heterocycles. The molecule has 0 aliphatic heterocycles. The predicted octanol–water partition coefficient (Wildman–Crippen LogP) is 0.894. The highest BCUT2D eigenvalue weighted by Crippen LogP contribution is 1.97. The zero-order chi connectivity index (χ0) is 10.8. The monoisotopic (exact) mass is 215 g/mol. The Balaban J connectivity index is 3.31. The molecule has 0 radical (unpaired) electrons. The quantitative estimate of drug-likeness (QED) is 0.389. The Hall–Kier alpha value is -0.660. The van der Waals surface area contributed by atoms with Crippen LogP contribution in [0.3, 0.4) is 0 Å². The van der Waals surface area contributed by atoms with Gasteiger partial charge in [-0.25, -0.2) is 0 Å². The summed E-state index contributed by atoms with van der Waals surface area (Å²) in [5, 5.41) is 3.22. The Labute approximate surface area is 90.0 Å². The molecule has 1 atom stereocenters. The van der Waals surface area contributed by atoms with Crippen LogP contribution in [-0.4, -0.2) is 37.2 Å². The second-order valence-electron chi connectivity index (χ2n) is 2.89. The fourth-order valence-electron chi connectivity index (χ4n) is 0.914. The Morgan fingerprint density at radius 3 is 3.00 bits per heavy atom. The molecule has 1 unspecified atom stereocenters. The van der Waals surface area contributed by atoms with Crippen LogP contribution in [0.1, 0.15) is 13.3 Å². The summed E-state index contributed by atoms with van der Waals surface area (Å²) in [6.45, 7) is 2.83. The molecule has 0 aromatic rings. The molecule has 80 valence electrons. The van der Waals surface area contributed by atoms with Crippen LogP contribution >= 0.6 is 11.8 Å². The summed E-state index contributed by atoms with van der Waals surface area (Å²) in [6, 6.07) is 0.161. The van der Waals surface area contributed by atoms with Gasteiger partial charge >= 0.3 is 5.97 Å². The molecule has 0 aliphatic carbocycles. The number of thioether (sulfide) groups is 1. The van der Waals surface area contributed by atoms with Gasteiger partial charge in [-0.2, -0.15) is 0 Å². The van der Waals surface area contributed by atoms with Crippen molar-refractivity contribution in [2.45, 2.75) is 19.4 Å². The minimum Gasteiger partial charge on any atom is -0.469 e. The molecule has 4 heteroatoms. The molecule has 3 nitrogen and oxygen atoms in total. The summed E-state index contributed by atoms with van der Waals surface area (Å²) in [6.07, 6.45) is 5.52. The van der Waals surface area contributed by atoms with E-state index in [0.29, 0.717) is 6.42 Å². The SMILES string of the molecule is C#CCSCCNC(C)CC(=O)OC. The highest BCUT2D eigenvalue weighted by molar-refractivity contribution is 7.99. The number of carbonyl (C=O) groups is 1. The van der Waals surface area contributed by atoms with Crippen molar-refractivity contribution >= 4 is 17.7 Å². The molecule has 0 aromatic carbocycles. The minimum absolute atomic E-state index is 0.161. The number of hydrogen-bond donors (Lipinski definition) is 1. The van der Waals surface area contributed by atoms with Crippen molar-refractivity contribution in [1.82, 2.24) is 5.32 Å². The zero-order valence-electron chi connectivity index (χ0n) is 8.71. The molecule has 14 heavy (non-hydrogen) atoms. The standard InChI is InChI=1S/C10H17NO2S/c1-4-6-14-7-5-11-9(2)8-10(12)13-3/h1,9,11H,5-8H2,2-3H3. The largest absolute Gasteiger partial charge is 0.469 e. The van der Waals surface area contributed by atoms with Gasteiger partial charge in [0, 0.05) is 18.3 Å². The third-order valence-electron chi connectivity index (χ3n) is 1.63. The fraction of sp³-hybridized carbons (Fsp3) is 0.700. The lowest BCUT2D eigenvalue weighted by molar-refractivity contribution is -0.141. The second kappa shape index (κ2) is 8.92. The smallest absolute Gasteiger partial charge is 0.307 e. The first-order valence-corrected chi connectivity index (χ1v) is 5.67. The van der Waals surface area contributed by atoms with Crippen molar-refractivity contribution in [3.8, 4) is 12.3 Å². The lowest BCUT2D eigenvalue weighted by Gasteiger charge is -2.11. The van der Waals surface area contributed by atoms with Gasteiger partial charge in [-0.15, -0.1) is 18.2 Å². The van der Waals surface area contributed by atoms with Gasteiger partial charge in [0.1, 0.15) is 0 Å². The van der Waals surface area contributed by atoms with Crippen molar-refractivity contribution in [1.29, 1.82) is 0 Å². The number of carbonyl (C=O) groups excluding carboxylic acids is 1. The normalized spacial score (nSPS) is 11.8. The van der Waals surface area contributed by atoms with Gasteiger partial charge in [-0.3, -0.25) is 4.79 Å². The summed E-state index contributed by atoms with van der Waals surface area (Å²) in [7, 11) is 1.40. The zero-order valence-corrected chi connectivity index (χ0v) is 9.52. The Bertz CT molecular complexity index is 201. The van der Waals surface area contributed by atoms with E-state index in [1.165, 1.54) is 7.11 Å². The van der Waals surface area contributed by atoms with Crippen molar-refractivity contribution in [3.63, 3.8) is 0 Å². The maximum absolute atomic E-state index is 10.9. The summed E-state index contributed by atoms with van der Waals surface area (Å²) >= 11 is 1.71. The van der Waals surface area contributed by atoms with Crippen LogP contribution in [-0.2, 0) is 9.53 Å². The lowest BCUT2D eigenvalue weighted by Crippen LogP contribution is -2.30. The van der Waals surface area contributed by atoms with Crippen molar-refractivity contribution in [2.24, 2.45) is 0 Å². The molecule has 0 fully saturated rings. The van der Waals surface area contributed by atoms with Crippen molar-refractivity contribution in [3.05, 3.63) is 0 Å². The van der Waals surface area contributed by atoms with Crippen LogP contribution in [0.2, 0.25) is 0 Å². The summed E-state index contributed by atoms with van der Waals surface area (Å²) < 4.78 is 4.56. The second-order valence-corrected chi connectivity index (χ2v) is 4.00. The number of ether oxygens (including phenoxy) is 1. The van der Waals surface area contributed by atoms with Crippen LogP contribution in [0, 0.1) is 12.3 Å². The maximum Gasteiger partial charge on any atom is 0.307 e. The molecule has 0 rings (SSSR count). The van der Waals surface area contributed by atoms with Crippen LogP contribution < -0.4 is 5.32 Å². The summed E-state index contributed by atoms with van der Waals surface area (Å²) in [5.41, 5.74) is 0. The minimum atomic E-state index is -0.179. The lowest BCUT2D eigenvalue weighted by atomic mass is 10.2. The average molecular weight is 215 g/mol. The Kier molecular flexibility index (Phi) is 8.50. The molecule has 0 spiro atoms. The van der Waals surface area contributed by atoms with E-state index in [1.807, 2.05) is 6.92 Å². The van der Waals surface area contributed by atoms with Gasteiger partial charge in [0.05, 0.1) is 19.3 Å². The fourth-order valence-corrected chi connectivity index (χ4v) is 1.44. The molecule has 1 N–H and O–H groups in total. The van der Waals surface area contributed by atoms with Crippen molar-refractivity contribution < 1.29 is 9.53 Å². The van der Waals surface area contributed by atoms with Gasteiger partial charge in [0.2, 0.25) is 0 Å². The average Bonchev–Trinajstić information content (AvgIpc) is 2.17. The first kappa shape index (κ1) is 13.3. The molecule has 0 heterocycles. The Morgan fingerprint density at radius 2 is 2.43 bits per heavy atom. The maximum atomic E-state index is 10.9. The van der Waals surface area contributed by atoms with Gasteiger partial charge in [-0.05, 0) is 6.92 Å². The molecular formula is C10H17NO2S. The van der Waals surface area contributed by atoms with Crippen LogP contribution in [0.15, 0.2) is 0 Å². The van der Waals surface area contributed by atoms with E-state index in [9.17, 15) is 4.79 Å². The Morgan fingerprint density at radius 1 is 1.71 bits per heavy atom. The number of nitrogens with one attached hydrogen (secondary N) is 1. The highest BCUT2D eigenvalue weighted by atomic mass is 32.2. The number of esters is 1. The summed E-state index contributed by atoms with van der Waals surface area (Å²) in [4.78, 5) is 10.9. The molecule has 0 aliphatic rings. The third-order valence-corrected chi connectivity index (χ3v) is 2.49. The van der Waals surface area contributed by atoms with Crippen molar-refractivity contribution in [2.75, 3.05) is 25.2 Å². The third kappa shape index (κ3) is 7.96. The van der Waals surface area contributed by atoms with Crippen LogP contribution in [0.25, 0.3) is 0 Å². The molecule has 0 saturated carbocycles. The highest BCUT2D eigenvalue weighted by Gasteiger charge is 2.07. The van der Waals surface area contributed by atoms with Gasteiger partial charge < -0.3 is 10.1 Å². The molecule has 0 aromatic heterocycles. The van der Waals surface area contributed by atoms with Gasteiger partial charge in [0.25, 0.3) is 0 Å². The van der Waals surface area contributed by atoms with Crippen LogP contribution in [0.4, 0.5) is 0 Å². The number of terminal acetylenes is 1. The number of methoxy groups -OCH3 is 1. The molecule has 0 amide bonds. The van der Waals surface area contributed by atoms with E-state index in [4.69, 9.17) is 6.42 Å². The van der Waals surface area contributed by atoms with Gasteiger partial charge in [-0.1, -0.05) is 5.92 Å². The van der Waals surface area contributed by atoms with E-state index in [-0.39, 0.29) is 12.0 Å². The first-order valence-electron chi connectivity index (χ1n) is 4.52. The van der Waals surface area contributed by atoms with Crippen LogP contribution in [0.5, 0.6) is 0 Å². The van der Waals surface area contributed by atoms with E-state index in [0.717, 1.165) is 18.1 Å². The van der Waals surface area contributed by atoms with E-state index >= 15 is 0 Å². The molecule has 0 bridgehead atoms. The van der Waals surface area contributed by atoms with E-state index in [2.05, 4.69) is 16.0 Å². The number of hydrogen-bond acceptors (Lipinski definition) is 4. The van der Waals surface area contributed by atoms with E-state index < -0.39 is 0 Å². The predicted molar refractivity (Wildman–Crippen MR) is 60.3 cm³/mol. The number of rotatable bonds is 7. The van der Waals surface area contributed by atoms with E-state index in [1.54, 1.807) is 11.8 Å².